The van der Waals surface area contributed by atoms with E-state index in [1.807, 2.05) is 31.2 Å². The van der Waals surface area contributed by atoms with E-state index < -0.39 is 0 Å². The van der Waals surface area contributed by atoms with E-state index in [2.05, 4.69) is 0 Å². The summed E-state index contributed by atoms with van der Waals surface area (Å²) in [6.45, 7) is 2.65. The molecule has 1 unspecified atom stereocenters. The van der Waals surface area contributed by atoms with Crippen molar-refractivity contribution in [1.29, 1.82) is 0 Å². The molecule has 0 aliphatic carbocycles. The van der Waals surface area contributed by atoms with Gasteiger partial charge in [-0.1, -0.05) is 12.1 Å². The molecule has 3 heteroatoms. The molecule has 1 aromatic carbocycles. The average molecular weight is 209 g/mol. The second-order valence-corrected chi connectivity index (χ2v) is 3.70. The fourth-order valence-corrected chi connectivity index (χ4v) is 1.58. The van der Waals surface area contributed by atoms with Gasteiger partial charge >= 0.3 is 0 Å². The zero-order valence-electron chi connectivity index (χ0n) is 9.62. The Balaban J connectivity index is 2.92. The Morgan fingerprint density at radius 3 is 2.20 bits per heavy atom. The summed E-state index contributed by atoms with van der Waals surface area (Å²) in [5.74, 6) is 0.852. The lowest BCUT2D eigenvalue weighted by molar-refractivity contribution is -0.00341. The lowest BCUT2D eigenvalue weighted by atomic mass is 9.92. The van der Waals surface area contributed by atoms with Gasteiger partial charge in [-0.3, -0.25) is 0 Å². The average Bonchev–Trinajstić information content (AvgIpc) is 2.29. The summed E-state index contributed by atoms with van der Waals surface area (Å²) in [7, 11) is 3.37. The molecule has 2 N–H and O–H groups in total. The zero-order valence-corrected chi connectivity index (χ0v) is 9.62. The van der Waals surface area contributed by atoms with Gasteiger partial charge in [0.15, 0.2) is 0 Å². The fraction of sp³-hybridized carbons (Fsp3) is 0.500. The molecule has 0 radical (unpaired) electrons. The highest BCUT2D eigenvalue weighted by Gasteiger charge is 2.24. The number of benzene rings is 1. The number of ether oxygens (including phenoxy) is 2. The molecule has 0 aliphatic rings. The Morgan fingerprint density at radius 1 is 1.20 bits per heavy atom. The number of rotatable bonds is 5. The molecule has 3 nitrogen and oxygen atoms in total. The van der Waals surface area contributed by atoms with Crippen LogP contribution in [0.5, 0.6) is 5.75 Å². The van der Waals surface area contributed by atoms with Crippen LogP contribution in [-0.2, 0) is 10.3 Å². The van der Waals surface area contributed by atoms with Crippen molar-refractivity contribution in [2.24, 2.45) is 5.73 Å². The lowest BCUT2D eigenvalue weighted by Crippen LogP contribution is -2.27. The summed E-state index contributed by atoms with van der Waals surface area (Å²) in [5.41, 5.74) is 6.40. The van der Waals surface area contributed by atoms with Gasteiger partial charge in [0.1, 0.15) is 5.75 Å². The molecule has 0 bridgehead atoms. The summed E-state index contributed by atoms with van der Waals surface area (Å²) >= 11 is 0. The Morgan fingerprint density at radius 2 is 1.80 bits per heavy atom. The monoisotopic (exact) mass is 209 g/mol. The Labute approximate surface area is 91.2 Å². The Hall–Kier alpha value is -1.06. The molecule has 84 valence electrons. The van der Waals surface area contributed by atoms with Crippen LogP contribution >= 0.6 is 0 Å². The third kappa shape index (κ3) is 2.70. The van der Waals surface area contributed by atoms with Crippen LogP contribution in [0.15, 0.2) is 24.3 Å². The minimum absolute atomic E-state index is 0.305. The van der Waals surface area contributed by atoms with Crippen LogP contribution < -0.4 is 10.5 Å². The quantitative estimate of drug-likeness (QED) is 0.805. The van der Waals surface area contributed by atoms with Crippen molar-refractivity contribution >= 4 is 0 Å². The molecule has 0 spiro atoms. The predicted molar refractivity (Wildman–Crippen MR) is 61.0 cm³/mol. The van der Waals surface area contributed by atoms with E-state index in [0.717, 1.165) is 17.7 Å². The third-order valence-electron chi connectivity index (χ3n) is 2.77. The van der Waals surface area contributed by atoms with Crippen molar-refractivity contribution in [3.8, 4) is 5.75 Å². The highest BCUT2D eigenvalue weighted by Crippen LogP contribution is 2.29. The summed E-state index contributed by atoms with van der Waals surface area (Å²) < 4.78 is 10.6. The second-order valence-electron chi connectivity index (χ2n) is 3.70. The minimum atomic E-state index is -0.305. The maximum atomic E-state index is 5.58. The third-order valence-corrected chi connectivity index (χ3v) is 2.77. The van der Waals surface area contributed by atoms with Crippen LogP contribution in [0.1, 0.15) is 18.9 Å². The van der Waals surface area contributed by atoms with Crippen molar-refractivity contribution < 1.29 is 9.47 Å². The van der Waals surface area contributed by atoms with Crippen LogP contribution in [0.4, 0.5) is 0 Å². The van der Waals surface area contributed by atoms with E-state index in [1.165, 1.54) is 0 Å². The van der Waals surface area contributed by atoms with Gasteiger partial charge < -0.3 is 15.2 Å². The first-order chi connectivity index (χ1) is 7.16. The zero-order chi connectivity index (χ0) is 11.3. The van der Waals surface area contributed by atoms with Crippen molar-refractivity contribution in [3.05, 3.63) is 29.8 Å². The standard InChI is InChI=1S/C12H19NO2/c1-12(15-3,8-9-13)10-4-6-11(14-2)7-5-10/h4-7H,8-9,13H2,1-3H3. The van der Waals surface area contributed by atoms with E-state index >= 15 is 0 Å². The molecule has 0 heterocycles. The molecule has 0 aromatic heterocycles. The normalized spacial score (nSPS) is 14.7. The smallest absolute Gasteiger partial charge is 0.118 e. The van der Waals surface area contributed by atoms with Crippen LogP contribution in [0.3, 0.4) is 0 Å². The molecule has 0 fully saturated rings. The van der Waals surface area contributed by atoms with Crippen LogP contribution in [-0.4, -0.2) is 20.8 Å². The van der Waals surface area contributed by atoms with Crippen LogP contribution in [0.25, 0.3) is 0 Å². The summed E-state index contributed by atoms with van der Waals surface area (Å²) in [5, 5.41) is 0. The highest BCUT2D eigenvalue weighted by molar-refractivity contribution is 5.30. The molecular formula is C12H19NO2. The topological polar surface area (TPSA) is 44.5 Å². The van der Waals surface area contributed by atoms with Gasteiger partial charge in [-0.25, -0.2) is 0 Å². The predicted octanol–water partition coefficient (Wildman–Crippen LogP) is 1.91. The maximum Gasteiger partial charge on any atom is 0.118 e. The van der Waals surface area contributed by atoms with Crippen molar-refractivity contribution in [3.63, 3.8) is 0 Å². The van der Waals surface area contributed by atoms with E-state index in [9.17, 15) is 0 Å². The van der Waals surface area contributed by atoms with Crippen molar-refractivity contribution in [2.45, 2.75) is 18.9 Å². The van der Waals surface area contributed by atoms with Gasteiger partial charge in [0.05, 0.1) is 12.7 Å². The summed E-state index contributed by atoms with van der Waals surface area (Å²) in [6.07, 6.45) is 0.801. The van der Waals surface area contributed by atoms with E-state index in [-0.39, 0.29) is 5.60 Å². The number of methoxy groups -OCH3 is 2. The maximum absolute atomic E-state index is 5.58. The molecular weight excluding hydrogens is 190 g/mol. The highest BCUT2D eigenvalue weighted by atomic mass is 16.5. The SMILES string of the molecule is COc1ccc(C(C)(CCN)OC)cc1. The number of hydrogen-bond acceptors (Lipinski definition) is 3. The van der Waals surface area contributed by atoms with E-state index in [1.54, 1.807) is 14.2 Å². The summed E-state index contributed by atoms with van der Waals surface area (Å²) in [6, 6.07) is 7.89. The molecule has 1 atom stereocenters. The molecule has 1 rings (SSSR count). The van der Waals surface area contributed by atoms with Gasteiger partial charge in [-0.05, 0) is 37.6 Å². The van der Waals surface area contributed by atoms with Gasteiger partial charge in [0, 0.05) is 7.11 Å². The molecule has 0 saturated heterocycles. The van der Waals surface area contributed by atoms with Crippen LogP contribution in [0.2, 0.25) is 0 Å². The first-order valence-corrected chi connectivity index (χ1v) is 5.06. The van der Waals surface area contributed by atoms with Gasteiger partial charge in [0.25, 0.3) is 0 Å². The molecule has 0 amide bonds. The lowest BCUT2D eigenvalue weighted by Gasteiger charge is -2.28. The van der Waals surface area contributed by atoms with Gasteiger partial charge in [-0.2, -0.15) is 0 Å². The van der Waals surface area contributed by atoms with Gasteiger partial charge in [-0.15, -0.1) is 0 Å². The van der Waals surface area contributed by atoms with Crippen molar-refractivity contribution in [2.75, 3.05) is 20.8 Å². The van der Waals surface area contributed by atoms with Gasteiger partial charge in [0.2, 0.25) is 0 Å². The summed E-state index contributed by atoms with van der Waals surface area (Å²) in [4.78, 5) is 0. The second kappa shape index (κ2) is 5.14. The van der Waals surface area contributed by atoms with Crippen molar-refractivity contribution in [1.82, 2.24) is 0 Å². The first kappa shape index (κ1) is 12.0. The number of hydrogen-bond donors (Lipinski definition) is 1. The first-order valence-electron chi connectivity index (χ1n) is 5.06. The van der Waals surface area contributed by atoms with E-state index in [0.29, 0.717) is 6.54 Å². The fourth-order valence-electron chi connectivity index (χ4n) is 1.58. The number of nitrogens with two attached hydrogens (primary N) is 1. The van der Waals surface area contributed by atoms with Crippen LogP contribution in [0, 0.1) is 0 Å². The molecule has 1 aromatic rings. The minimum Gasteiger partial charge on any atom is -0.497 e. The van der Waals surface area contributed by atoms with E-state index in [4.69, 9.17) is 15.2 Å². The molecule has 0 saturated carbocycles. The molecule has 15 heavy (non-hydrogen) atoms. The largest absolute Gasteiger partial charge is 0.497 e. The Bertz CT molecular complexity index is 297. The molecule has 0 aliphatic heterocycles. The Kier molecular flexibility index (Phi) is 4.12.